The van der Waals surface area contributed by atoms with Crippen LogP contribution in [0.5, 0.6) is 0 Å². The highest BCUT2D eigenvalue weighted by Crippen LogP contribution is 2.27. The van der Waals surface area contributed by atoms with E-state index in [1.807, 2.05) is 6.92 Å². The van der Waals surface area contributed by atoms with Crippen molar-refractivity contribution in [3.05, 3.63) is 40.4 Å². The van der Waals surface area contributed by atoms with Gasteiger partial charge in [0.05, 0.1) is 17.7 Å². The summed E-state index contributed by atoms with van der Waals surface area (Å²) in [7, 11) is 0. The van der Waals surface area contributed by atoms with Crippen molar-refractivity contribution in [3.63, 3.8) is 0 Å². The third-order valence-electron chi connectivity index (χ3n) is 2.82. The van der Waals surface area contributed by atoms with E-state index in [1.54, 1.807) is 12.1 Å². The molecule has 3 N–H and O–H groups in total. The molecule has 2 aromatic rings. The molecule has 0 unspecified atom stereocenters. The molecule has 21 heavy (non-hydrogen) atoms. The van der Waals surface area contributed by atoms with Crippen LogP contribution in [0.2, 0.25) is 0 Å². The lowest BCUT2D eigenvalue weighted by Crippen LogP contribution is -1.97. The van der Waals surface area contributed by atoms with Crippen molar-refractivity contribution < 1.29 is 19.8 Å². The van der Waals surface area contributed by atoms with Gasteiger partial charge in [-0.05, 0) is 31.5 Å². The molecule has 0 spiro atoms. The summed E-state index contributed by atoms with van der Waals surface area (Å²) < 4.78 is 0. The summed E-state index contributed by atoms with van der Waals surface area (Å²) in [4.78, 5) is 26.7. The second-order valence-corrected chi connectivity index (χ2v) is 5.52. The topological polar surface area (TPSA) is 99.5 Å². The lowest BCUT2D eigenvalue weighted by molar-refractivity contribution is -0.136. The van der Waals surface area contributed by atoms with Crippen LogP contribution in [0, 0.1) is 6.92 Å². The minimum atomic E-state index is -0.990. The first-order valence-electron chi connectivity index (χ1n) is 6.24. The molecule has 0 aliphatic carbocycles. The van der Waals surface area contributed by atoms with Gasteiger partial charge in [0.1, 0.15) is 0 Å². The van der Waals surface area contributed by atoms with Gasteiger partial charge >= 0.3 is 11.9 Å². The summed E-state index contributed by atoms with van der Waals surface area (Å²) in [5.74, 6) is -1.83. The number of carboxylic acid groups (broad SMARTS) is 2. The molecule has 1 aromatic heterocycles. The molecule has 0 aliphatic rings. The van der Waals surface area contributed by atoms with E-state index in [0.717, 1.165) is 10.6 Å². The maximum Gasteiger partial charge on any atom is 0.335 e. The van der Waals surface area contributed by atoms with Crippen molar-refractivity contribution in [2.24, 2.45) is 0 Å². The Hall–Kier alpha value is -2.41. The van der Waals surface area contributed by atoms with Gasteiger partial charge in [0, 0.05) is 10.6 Å². The average Bonchev–Trinajstić information content (AvgIpc) is 2.76. The smallest absolute Gasteiger partial charge is 0.335 e. The number of hydrogen-bond acceptors (Lipinski definition) is 5. The fourth-order valence-electron chi connectivity index (χ4n) is 1.79. The summed E-state index contributed by atoms with van der Waals surface area (Å²) in [6.45, 7) is 1.83. The SMILES string of the molecule is Cc1nc(Nc2cccc(C(=O)O)c2)sc1CCC(=O)O. The van der Waals surface area contributed by atoms with Crippen LogP contribution in [0.4, 0.5) is 10.8 Å². The number of aliphatic carboxylic acids is 1. The Kier molecular flexibility index (Phi) is 4.54. The zero-order chi connectivity index (χ0) is 15.4. The Balaban J connectivity index is 2.13. The number of thiazole rings is 1. The first-order valence-corrected chi connectivity index (χ1v) is 7.06. The molecular formula is C14H14N2O4S. The molecule has 0 amide bonds. The molecule has 1 aromatic carbocycles. The summed E-state index contributed by atoms with van der Waals surface area (Å²) in [5.41, 5.74) is 1.62. The molecule has 0 atom stereocenters. The Morgan fingerprint density at radius 3 is 2.76 bits per heavy atom. The molecule has 6 nitrogen and oxygen atoms in total. The van der Waals surface area contributed by atoms with E-state index in [0.29, 0.717) is 17.2 Å². The van der Waals surface area contributed by atoms with E-state index >= 15 is 0 Å². The number of benzene rings is 1. The molecular weight excluding hydrogens is 292 g/mol. The Morgan fingerprint density at radius 1 is 1.33 bits per heavy atom. The maximum absolute atomic E-state index is 10.9. The predicted octanol–water partition coefficient (Wildman–Crippen LogP) is 2.91. The Bertz CT molecular complexity index is 681. The summed E-state index contributed by atoms with van der Waals surface area (Å²) >= 11 is 1.38. The molecule has 0 radical (unpaired) electrons. The third kappa shape index (κ3) is 4.03. The summed E-state index contributed by atoms with van der Waals surface area (Å²) in [6.07, 6.45) is 0.507. The fourth-order valence-corrected chi connectivity index (χ4v) is 2.77. The van der Waals surface area contributed by atoms with Crippen molar-refractivity contribution in [1.82, 2.24) is 4.98 Å². The molecule has 0 fully saturated rings. The highest BCUT2D eigenvalue weighted by atomic mass is 32.1. The van der Waals surface area contributed by atoms with Crippen LogP contribution in [0.15, 0.2) is 24.3 Å². The first kappa shape index (κ1) is 15.0. The normalized spacial score (nSPS) is 10.3. The lowest BCUT2D eigenvalue weighted by Gasteiger charge is -2.03. The van der Waals surface area contributed by atoms with Crippen molar-refractivity contribution in [2.75, 3.05) is 5.32 Å². The molecule has 7 heteroatoms. The average molecular weight is 306 g/mol. The zero-order valence-electron chi connectivity index (χ0n) is 11.3. The molecule has 2 rings (SSSR count). The minimum Gasteiger partial charge on any atom is -0.481 e. The van der Waals surface area contributed by atoms with Crippen molar-refractivity contribution >= 4 is 34.1 Å². The molecule has 110 valence electrons. The number of nitrogens with one attached hydrogen (secondary N) is 1. The van der Waals surface area contributed by atoms with Gasteiger partial charge in [0.2, 0.25) is 0 Å². The highest BCUT2D eigenvalue weighted by Gasteiger charge is 2.10. The van der Waals surface area contributed by atoms with Gasteiger partial charge in [-0.3, -0.25) is 4.79 Å². The first-order chi connectivity index (χ1) is 9.95. The number of carbonyl (C=O) groups is 2. The second-order valence-electron chi connectivity index (χ2n) is 4.43. The van der Waals surface area contributed by atoms with Crippen LogP contribution in [-0.2, 0) is 11.2 Å². The largest absolute Gasteiger partial charge is 0.481 e. The van der Waals surface area contributed by atoms with E-state index in [4.69, 9.17) is 10.2 Å². The number of aromatic carboxylic acids is 1. The van der Waals surface area contributed by atoms with Crippen LogP contribution in [-0.4, -0.2) is 27.1 Å². The number of anilines is 2. The number of hydrogen-bond donors (Lipinski definition) is 3. The van der Waals surface area contributed by atoms with E-state index < -0.39 is 11.9 Å². The second kappa shape index (κ2) is 6.36. The van der Waals surface area contributed by atoms with Gasteiger partial charge in [0.15, 0.2) is 5.13 Å². The summed E-state index contributed by atoms with van der Waals surface area (Å²) in [5, 5.41) is 21.3. The van der Waals surface area contributed by atoms with Gasteiger partial charge in [0.25, 0.3) is 0 Å². The Morgan fingerprint density at radius 2 is 2.10 bits per heavy atom. The van der Waals surface area contributed by atoms with Crippen LogP contribution in [0.3, 0.4) is 0 Å². The van der Waals surface area contributed by atoms with E-state index in [-0.39, 0.29) is 12.0 Å². The molecule has 0 aliphatic heterocycles. The quantitative estimate of drug-likeness (QED) is 0.759. The predicted molar refractivity (Wildman–Crippen MR) is 79.5 cm³/mol. The number of carboxylic acids is 2. The molecule has 0 saturated carbocycles. The van der Waals surface area contributed by atoms with Crippen molar-refractivity contribution in [2.45, 2.75) is 19.8 Å². The van der Waals surface area contributed by atoms with Crippen LogP contribution >= 0.6 is 11.3 Å². The van der Waals surface area contributed by atoms with E-state index in [1.165, 1.54) is 23.5 Å². The molecule has 0 saturated heterocycles. The number of aromatic nitrogens is 1. The maximum atomic E-state index is 10.9. The van der Waals surface area contributed by atoms with Gasteiger partial charge in [-0.25, -0.2) is 9.78 Å². The number of nitrogens with zero attached hydrogens (tertiary/aromatic N) is 1. The number of aryl methyl sites for hydroxylation is 2. The number of rotatable bonds is 6. The van der Waals surface area contributed by atoms with Crippen LogP contribution in [0.1, 0.15) is 27.3 Å². The van der Waals surface area contributed by atoms with Crippen molar-refractivity contribution in [1.29, 1.82) is 0 Å². The lowest BCUT2D eigenvalue weighted by atomic mass is 10.2. The van der Waals surface area contributed by atoms with Crippen molar-refractivity contribution in [3.8, 4) is 0 Å². The summed E-state index contributed by atoms with van der Waals surface area (Å²) in [6, 6.07) is 6.44. The minimum absolute atomic E-state index is 0.0664. The van der Waals surface area contributed by atoms with Gasteiger partial charge in [-0.1, -0.05) is 6.07 Å². The van der Waals surface area contributed by atoms with Crippen LogP contribution in [0.25, 0.3) is 0 Å². The van der Waals surface area contributed by atoms with Gasteiger partial charge < -0.3 is 15.5 Å². The Labute approximate surface area is 125 Å². The van der Waals surface area contributed by atoms with E-state index in [2.05, 4.69) is 10.3 Å². The van der Waals surface area contributed by atoms with Gasteiger partial charge in [-0.15, -0.1) is 11.3 Å². The fraction of sp³-hybridized carbons (Fsp3) is 0.214. The third-order valence-corrected chi connectivity index (χ3v) is 3.95. The van der Waals surface area contributed by atoms with E-state index in [9.17, 15) is 9.59 Å². The standard InChI is InChI=1S/C14H14N2O4S/c1-8-11(5-6-12(17)18)21-14(15-8)16-10-4-2-3-9(7-10)13(19)20/h2-4,7H,5-6H2,1H3,(H,15,16)(H,17,18)(H,19,20). The van der Waals surface area contributed by atoms with Gasteiger partial charge in [-0.2, -0.15) is 0 Å². The monoisotopic (exact) mass is 306 g/mol. The van der Waals surface area contributed by atoms with Crippen LogP contribution < -0.4 is 5.32 Å². The zero-order valence-corrected chi connectivity index (χ0v) is 12.1. The molecule has 1 heterocycles. The molecule has 0 bridgehead atoms. The highest BCUT2D eigenvalue weighted by molar-refractivity contribution is 7.15.